The summed E-state index contributed by atoms with van der Waals surface area (Å²) in [4.78, 5) is 34.8. The van der Waals surface area contributed by atoms with Gasteiger partial charge in [-0.05, 0) is 66.8 Å². The quantitative estimate of drug-likeness (QED) is 0.257. The molecule has 2 aliphatic rings. The van der Waals surface area contributed by atoms with E-state index in [0.717, 1.165) is 33.9 Å². The lowest BCUT2D eigenvalue weighted by atomic mass is 10.0. The molecule has 7 rings (SSSR count). The second-order valence-corrected chi connectivity index (χ2v) is 12.2. The number of fused-ring (bicyclic) bond motifs is 2. The summed E-state index contributed by atoms with van der Waals surface area (Å²) in [6, 6.07) is 15.8. The largest absolute Gasteiger partial charge is 0.455 e. The first kappa shape index (κ1) is 25.2. The Kier molecular flexibility index (Phi) is 5.62. The third kappa shape index (κ3) is 4.20. The number of hydrogen-bond acceptors (Lipinski definition) is 6. The number of carbonyl (C=O) groups excluding carboxylic acids is 2. The molecule has 0 bridgehead atoms. The van der Waals surface area contributed by atoms with Crippen LogP contribution in [-0.2, 0) is 10.0 Å². The van der Waals surface area contributed by atoms with Crippen LogP contribution in [0.3, 0.4) is 0 Å². The zero-order chi connectivity index (χ0) is 28.5. The smallest absolute Gasteiger partial charge is 0.263 e. The fourth-order valence-corrected chi connectivity index (χ4v) is 6.22. The maximum atomic E-state index is 13.7. The van der Waals surface area contributed by atoms with Crippen molar-refractivity contribution in [1.82, 2.24) is 14.9 Å². The van der Waals surface area contributed by atoms with Gasteiger partial charge in [0.2, 0.25) is 10.0 Å². The Bertz CT molecular complexity index is 1930. The van der Waals surface area contributed by atoms with Gasteiger partial charge in [-0.2, -0.15) is 0 Å². The Morgan fingerprint density at radius 3 is 2.32 bits per heavy atom. The normalized spacial score (nSPS) is 15.1. The molecule has 1 aliphatic heterocycles. The van der Waals surface area contributed by atoms with Gasteiger partial charge in [-0.25, -0.2) is 17.8 Å². The summed E-state index contributed by atoms with van der Waals surface area (Å²) in [5, 5.41) is 0.708. The van der Waals surface area contributed by atoms with Crippen LogP contribution < -0.4 is 4.31 Å². The Labute approximate surface area is 234 Å². The lowest BCUT2D eigenvalue weighted by Gasteiger charge is -2.28. The third-order valence-electron chi connectivity index (χ3n) is 7.51. The minimum Gasteiger partial charge on any atom is -0.455 e. The van der Waals surface area contributed by atoms with Crippen molar-refractivity contribution >= 4 is 38.5 Å². The standard InChI is InChI=1S/C30H23FN4O5S/c1-41(38,39)35(16-34-29(36)20-4-2-3-5-21(20)30(34)37)24-15-25-23(14-22(24)17-6-7-17)26(28-32-12-13-33-28)27(40-25)18-8-10-19(31)11-9-18/h2-5,8-15,17H,6-7,16H2,1H3,(H,32,33). The van der Waals surface area contributed by atoms with Crippen LogP contribution in [0.1, 0.15) is 45.0 Å². The number of imide groups is 1. The molecule has 1 saturated carbocycles. The summed E-state index contributed by atoms with van der Waals surface area (Å²) >= 11 is 0. The fraction of sp³-hybridized carbons (Fsp3) is 0.167. The number of sulfonamides is 1. The summed E-state index contributed by atoms with van der Waals surface area (Å²) in [6.07, 6.45) is 6.08. The number of halogens is 1. The molecule has 0 radical (unpaired) electrons. The van der Waals surface area contributed by atoms with Crippen molar-refractivity contribution in [3.8, 4) is 22.7 Å². The molecular formula is C30H23FN4O5S. The summed E-state index contributed by atoms with van der Waals surface area (Å²) < 4.78 is 47.6. The molecule has 0 atom stereocenters. The number of nitrogens with zero attached hydrogens (tertiary/aromatic N) is 3. The molecule has 5 aromatic rings. The van der Waals surface area contributed by atoms with Crippen LogP contribution in [0.25, 0.3) is 33.7 Å². The van der Waals surface area contributed by atoms with E-state index in [1.54, 1.807) is 54.9 Å². The van der Waals surface area contributed by atoms with Gasteiger partial charge in [0.15, 0.2) is 0 Å². The van der Waals surface area contributed by atoms with Crippen molar-refractivity contribution in [1.29, 1.82) is 0 Å². The van der Waals surface area contributed by atoms with Crippen molar-refractivity contribution in [2.45, 2.75) is 18.8 Å². The Hall–Kier alpha value is -4.77. The Balaban J connectivity index is 1.40. The molecule has 3 heterocycles. The predicted molar refractivity (Wildman–Crippen MR) is 150 cm³/mol. The first-order valence-electron chi connectivity index (χ1n) is 13.0. The Morgan fingerprint density at radius 1 is 1.05 bits per heavy atom. The van der Waals surface area contributed by atoms with E-state index in [9.17, 15) is 22.4 Å². The van der Waals surface area contributed by atoms with Crippen LogP contribution in [-0.4, -0.2) is 48.0 Å². The molecule has 3 aromatic carbocycles. The van der Waals surface area contributed by atoms with Crippen LogP contribution in [0.15, 0.2) is 77.5 Å². The highest BCUT2D eigenvalue weighted by molar-refractivity contribution is 7.92. The number of amides is 2. The number of carbonyl (C=O) groups is 2. The van der Waals surface area contributed by atoms with E-state index < -0.39 is 28.5 Å². The van der Waals surface area contributed by atoms with Gasteiger partial charge in [0, 0.05) is 29.4 Å². The second kappa shape index (κ2) is 9.13. The van der Waals surface area contributed by atoms with Crippen molar-refractivity contribution in [3.63, 3.8) is 0 Å². The number of hydrogen-bond donors (Lipinski definition) is 1. The van der Waals surface area contributed by atoms with E-state index in [0.29, 0.717) is 39.4 Å². The van der Waals surface area contributed by atoms with Gasteiger partial charge in [-0.3, -0.25) is 18.8 Å². The molecule has 206 valence electrons. The van der Waals surface area contributed by atoms with Gasteiger partial charge < -0.3 is 9.40 Å². The molecular weight excluding hydrogens is 547 g/mol. The lowest BCUT2D eigenvalue weighted by Crippen LogP contribution is -2.44. The highest BCUT2D eigenvalue weighted by Crippen LogP contribution is 2.49. The zero-order valence-corrected chi connectivity index (χ0v) is 22.6. The second-order valence-electron chi connectivity index (χ2n) is 10.3. The highest BCUT2D eigenvalue weighted by atomic mass is 32.2. The van der Waals surface area contributed by atoms with E-state index in [-0.39, 0.29) is 22.9 Å². The van der Waals surface area contributed by atoms with Crippen LogP contribution in [0.2, 0.25) is 0 Å². The van der Waals surface area contributed by atoms with Gasteiger partial charge in [0.1, 0.15) is 29.7 Å². The molecule has 0 saturated heterocycles. The van der Waals surface area contributed by atoms with Gasteiger partial charge in [-0.1, -0.05) is 12.1 Å². The molecule has 0 unspecified atom stereocenters. The molecule has 1 N–H and O–H groups in total. The van der Waals surface area contributed by atoms with Crippen LogP contribution in [0.4, 0.5) is 10.1 Å². The third-order valence-corrected chi connectivity index (χ3v) is 8.63. The number of nitrogens with one attached hydrogen (secondary N) is 1. The summed E-state index contributed by atoms with van der Waals surface area (Å²) in [5.74, 6) is -0.409. The van der Waals surface area contributed by atoms with Gasteiger partial charge in [0.05, 0.1) is 28.6 Å². The molecule has 2 amide bonds. The molecule has 1 aliphatic carbocycles. The summed E-state index contributed by atoms with van der Waals surface area (Å²) in [7, 11) is -3.95. The predicted octanol–water partition coefficient (Wildman–Crippen LogP) is 5.53. The number of furan rings is 1. The highest BCUT2D eigenvalue weighted by Gasteiger charge is 2.39. The van der Waals surface area contributed by atoms with E-state index >= 15 is 0 Å². The molecule has 9 nitrogen and oxygen atoms in total. The molecule has 41 heavy (non-hydrogen) atoms. The lowest BCUT2D eigenvalue weighted by molar-refractivity contribution is 0.0660. The molecule has 11 heteroatoms. The first-order valence-corrected chi connectivity index (χ1v) is 14.8. The minimum atomic E-state index is -3.95. The summed E-state index contributed by atoms with van der Waals surface area (Å²) in [5.41, 5.74) is 3.24. The average Bonchev–Trinajstić information content (AvgIpc) is 3.43. The van der Waals surface area contributed by atoms with E-state index in [4.69, 9.17) is 4.42 Å². The van der Waals surface area contributed by atoms with Crippen molar-refractivity contribution in [3.05, 3.63) is 95.6 Å². The summed E-state index contributed by atoms with van der Waals surface area (Å²) in [6.45, 7) is -0.479. The SMILES string of the molecule is CS(=O)(=O)N(CN1C(=O)c2ccccc2C1=O)c1cc2oc(-c3ccc(F)cc3)c(-c3ncc[nH]3)c2cc1C1CC1. The number of rotatable bonds is 7. The number of anilines is 1. The van der Waals surface area contributed by atoms with Crippen molar-refractivity contribution < 1.29 is 26.8 Å². The van der Waals surface area contributed by atoms with Crippen LogP contribution in [0.5, 0.6) is 0 Å². The number of benzene rings is 3. The minimum absolute atomic E-state index is 0.0921. The van der Waals surface area contributed by atoms with Gasteiger partial charge >= 0.3 is 0 Å². The van der Waals surface area contributed by atoms with Crippen LogP contribution >= 0.6 is 0 Å². The van der Waals surface area contributed by atoms with Crippen molar-refractivity contribution in [2.24, 2.45) is 0 Å². The number of H-pyrrole nitrogens is 1. The molecule has 1 fully saturated rings. The van der Waals surface area contributed by atoms with Crippen molar-refractivity contribution in [2.75, 3.05) is 17.2 Å². The maximum absolute atomic E-state index is 13.7. The van der Waals surface area contributed by atoms with Gasteiger partial charge in [-0.15, -0.1) is 0 Å². The number of aromatic nitrogens is 2. The average molecular weight is 571 g/mol. The maximum Gasteiger partial charge on any atom is 0.263 e. The van der Waals surface area contributed by atoms with E-state index in [2.05, 4.69) is 9.97 Å². The molecule has 2 aromatic heterocycles. The van der Waals surface area contributed by atoms with Gasteiger partial charge in [0.25, 0.3) is 11.8 Å². The van der Waals surface area contributed by atoms with E-state index in [1.807, 2.05) is 6.07 Å². The zero-order valence-electron chi connectivity index (χ0n) is 21.8. The first-order chi connectivity index (χ1) is 19.7. The topological polar surface area (TPSA) is 117 Å². The fourth-order valence-electron chi connectivity index (χ4n) is 5.38. The monoisotopic (exact) mass is 570 g/mol. The number of imidazole rings is 1. The Morgan fingerprint density at radius 2 is 1.73 bits per heavy atom. The van der Waals surface area contributed by atoms with Crippen LogP contribution in [0, 0.1) is 5.82 Å². The van der Waals surface area contributed by atoms with E-state index in [1.165, 1.54) is 12.1 Å². The molecule has 0 spiro atoms. The number of aromatic amines is 1.